The van der Waals surface area contributed by atoms with Crippen molar-refractivity contribution in [3.05, 3.63) is 23.3 Å². The maximum atomic E-state index is 12.7. The second kappa shape index (κ2) is 4.96. The van der Waals surface area contributed by atoms with Crippen molar-refractivity contribution in [2.24, 2.45) is 7.05 Å². The standard InChI is InChI=1S/C9H11F3N6O/c1-17-14-7(13-16-17)5-18-4-6(2-3-19)8(15-18)9(10,11)12/h4,19H,2-3,5H2,1H3. The van der Waals surface area contributed by atoms with E-state index in [4.69, 9.17) is 5.11 Å². The Morgan fingerprint density at radius 2 is 2.05 bits per heavy atom. The van der Waals surface area contributed by atoms with Crippen LogP contribution in [0.5, 0.6) is 0 Å². The van der Waals surface area contributed by atoms with E-state index < -0.39 is 11.9 Å². The van der Waals surface area contributed by atoms with Gasteiger partial charge in [0.1, 0.15) is 6.54 Å². The number of rotatable bonds is 4. The van der Waals surface area contributed by atoms with Crippen LogP contribution < -0.4 is 0 Å². The fourth-order valence-corrected chi connectivity index (χ4v) is 1.62. The highest BCUT2D eigenvalue weighted by atomic mass is 19.4. The Bertz CT molecular complexity index is 561. The normalized spacial score (nSPS) is 12.1. The van der Waals surface area contributed by atoms with E-state index in [2.05, 4.69) is 20.5 Å². The lowest BCUT2D eigenvalue weighted by Gasteiger charge is -2.04. The second-order valence-corrected chi connectivity index (χ2v) is 3.87. The Morgan fingerprint density at radius 3 is 2.58 bits per heavy atom. The molecule has 0 amide bonds. The zero-order valence-electron chi connectivity index (χ0n) is 9.96. The summed E-state index contributed by atoms with van der Waals surface area (Å²) in [4.78, 5) is 1.21. The first kappa shape index (κ1) is 13.5. The van der Waals surface area contributed by atoms with Crippen LogP contribution in [0.1, 0.15) is 17.1 Å². The van der Waals surface area contributed by atoms with E-state index in [0.29, 0.717) is 0 Å². The van der Waals surface area contributed by atoms with Crippen molar-refractivity contribution >= 4 is 0 Å². The Hall–Kier alpha value is -1.97. The molecule has 2 heterocycles. The van der Waals surface area contributed by atoms with Crippen LogP contribution in [0.4, 0.5) is 13.2 Å². The van der Waals surface area contributed by atoms with Crippen molar-refractivity contribution < 1.29 is 18.3 Å². The highest BCUT2D eigenvalue weighted by Gasteiger charge is 2.36. The fraction of sp³-hybridized carbons (Fsp3) is 0.556. The van der Waals surface area contributed by atoms with E-state index in [-0.39, 0.29) is 31.0 Å². The predicted octanol–water partition coefficient (Wildman–Crippen LogP) is 0.00850. The molecular formula is C9H11F3N6O. The lowest BCUT2D eigenvalue weighted by molar-refractivity contribution is -0.142. The van der Waals surface area contributed by atoms with E-state index in [1.54, 1.807) is 7.05 Å². The van der Waals surface area contributed by atoms with E-state index in [9.17, 15) is 13.2 Å². The predicted molar refractivity (Wildman–Crippen MR) is 55.9 cm³/mol. The van der Waals surface area contributed by atoms with Crippen LogP contribution in [0.15, 0.2) is 6.20 Å². The molecule has 0 saturated carbocycles. The van der Waals surface area contributed by atoms with Crippen molar-refractivity contribution in [1.29, 1.82) is 0 Å². The van der Waals surface area contributed by atoms with Crippen LogP contribution >= 0.6 is 0 Å². The molecule has 10 heteroatoms. The van der Waals surface area contributed by atoms with Gasteiger partial charge in [0.2, 0.25) is 0 Å². The van der Waals surface area contributed by atoms with Gasteiger partial charge in [-0.3, -0.25) is 4.68 Å². The molecule has 2 rings (SSSR count). The third-order valence-corrected chi connectivity index (χ3v) is 2.34. The minimum Gasteiger partial charge on any atom is -0.396 e. The zero-order valence-corrected chi connectivity index (χ0v) is 9.96. The third-order valence-electron chi connectivity index (χ3n) is 2.34. The molecule has 0 atom stereocenters. The van der Waals surface area contributed by atoms with Crippen LogP contribution in [-0.4, -0.2) is 41.7 Å². The molecule has 0 radical (unpaired) electrons. The van der Waals surface area contributed by atoms with E-state index in [1.165, 1.54) is 11.0 Å². The van der Waals surface area contributed by atoms with Crippen molar-refractivity contribution in [1.82, 2.24) is 30.0 Å². The number of hydrogen-bond donors (Lipinski definition) is 1. The molecule has 0 aromatic carbocycles. The molecule has 2 aromatic heterocycles. The number of nitrogens with zero attached hydrogens (tertiary/aromatic N) is 6. The number of halogens is 3. The van der Waals surface area contributed by atoms with Gasteiger partial charge >= 0.3 is 6.18 Å². The number of aromatic nitrogens is 6. The molecule has 0 aliphatic heterocycles. The SMILES string of the molecule is Cn1nnc(Cn2cc(CCO)c(C(F)(F)F)n2)n1. The van der Waals surface area contributed by atoms with E-state index in [1.807, 2.05) is 0 Å². The summed E-state index contributed by atoms with van der Waals surface area (Å²) >= 11 is 0. The van der Waals surface area contributed by atoms with Gasteiger partial charge in [-0.15, -0.1) is 10.2 Å². The topological polar surface area (TPSA) is 81.7 Å². The van der Waals surface area contributed by atoms with Gasteiger partial charge < -0.3 is 5.11 Å². The summed E-state index contributed by atoms with van der Waals surface area (Å²) in [6.07, 6.45) is -3.43. The summed E-state index contributed by atoms with van der Waals surface area (Å²) in [7, 11) is 1.55. The molecule has 0 unspecified atom stereocenters. The van der Waals surface area contributed by atoms with Crippen LogP contribution in [0.25, 0.3) is 0 Å². The van der Waals surface area contributed by atoms with Crippen LogP contribution in [0.3, 0.4) is 0 Å². The number of alkyl halides is 3. The highest BCUT2D eigenvalue weighted by molar-refractivity contribution is 5.20. The summed E-state index contributed by atoms with van der Waals surface area (Å²) in [6.45, 7) is -0.388. The quantitative estimate of drug-likeness (QED) is 0.850. The average Bonchev–Trinajstić information content (AvgIpc) is 2.86. The van der Waals surface area contributed by atoms with Gasteiger partial charge in [-0.1, -0.05) is 0 Å². The van der Waals surface area contributed by atoms with Crippen molar-refractivity contribution in [3.8, 4) is 0 Å². The first-order chi connectivity index (χ1) is 8.90. The molecule has 0 saturated heterocycles. The summed E-state index contributed by atoms with van der Waals surface area (Å²) in [5.74, 6) is 0.259. The Kier molecular flexibility index (Phi) is 3.51. The zero-order chi connectivity index (χ0) is 14.0. The number of aliphatic hydroxyl groups excluding tert-OH is 1. The Labute approximate surface area is 105 Å². The molecule has 0 aliphatic rings. The van der Waals surface area contributed by atoms with Crippen molar-refractivity contribution in [2.75, 3.05) is 6.61 Å². The first-order valence-corrected chi connectivity index (χ1v) is 5.37. The van der Waals surface area contributed by atoms with E-state index >= 15 is 0 Å². The minimum absolute atomic E-state index is 0.0116. The van der Waals surface area contributed by atoms with Gasteiger partial charge in [0.15, 0.2) is 11.5 Å². The molecular weight excluding hydrogens is 265 g/mol. The van der Waals surface area contributed by atoms with Crippen LogP contribution in [0, 0.1) is 0 Å². The van der Waals surface area contributed by atoms with E-state index in [0.717, 1.165) is 4.68 Å². The maximum absolute atomic E-state index is 12.7. The Balaban J connectivity index is 2.27. The summed E-state index contributed by atoms with van der Waals surface area (Å²) in [6, 6.07) is 0. The lowest BCUT2D eigenvalue weighted by Crippen LogP contribution is -2.11. The molecule has 0 aliphatic carbocycles. The largest absolute Gasteiger partial charge is 0.435 e. The molecule has 7 nitrogen and oxygen atoms in total. The monoisotopic (exact) mass is 276 g/mol. The lowest BCUT2D eigenvalue weighted by atomic mass is 10.2. The number of aryl methyl sites for hydroxylation is 1. The summed E-state index contributed by atoms with van der Waals surface area (Å²) in [5.41, 5.74) is -1.05. The average molecular weight is 276 g/mol. The number of hydrogen-bond acceptors (Lipinski definition) is 5. The first-order valence-electron chi connectivity index (χ1n) is 5.37. The fourth-order valence-electron chi connectivity index (χ4n) is 1.62. The van der Waals surface area contributed by atoms with Crippen molar-refractivity contribution in [3.63, 3.8) is 0 Å². The molecule has 1 N–H and O–H groups in total. The minimum atomic E-state index is -4.55. The smallest absolute Gasteiger partial charge is 0.396 e. The summed E-state index contributed by atoms with van der Waals surface area (Å²) in [5, 5.41) is 23.3. The number of aliphatic hydroxyl groups is 1. The molecule has 2 aromatic rings. The number of tetrazole rings is 1. The van der Waals surface area contributed by atoms with Gasteiger partial charge in [0.25, 0.3) is 0 Å². The molecule has 0 bridgehead atoms. The summed E-state index contributed by atoms with van der Waals surface area (Å²) < 4.78 is 39.3. The van der Waals surface area contributed by atoms with Gasteiger partial charge in [0.05, 0.1) is 7.05 Å². The third kappa shape index (κ3) is 3.08. The second-order valence-electron chi connectivity index (χ2n) is 3.87. The van der Waals surface area contributed by atoms with Gasteiger partial charge in [-0.25, -0.2) is 0 Å². The van der Waals surface area contributed by atoms with Crippen LogP contribution in [0.2, 0.25) is 0 Å². The molecule has 0 fully saturated rings. The van der Waals surface area contributed by atoms with Gasteiger partial charge in [-0.05, 0) is 11.6 Å². The molecule has 0 spiro atoms. The van der Waals surface area contributed by atoms with Gasteiger partial charge in [-0.2, -0.15) is 23.1 Å². The highest BCUT2D eigenvalue weighted by Crippen LogP contribution is 2.30. The Morgan fingerprint density at radius 1 is 1.32 bits per heavy atom. The van der Waals surface area contributed by atoms with Crippen LogP contribution in [-0.2, 0) is 26.2 Å². The van der Waals surface area contributed by atoms with Crippen molar-refractivity contribution in [2.45, 2.75) is 19.1 Å². The molecule has 104 valence electrons. The van der Waals surface area contributed by atoms with Gasteiger partial charge in [0, 0.05) is 18.4 Å². The maximum Gasteiger partial charge on any atom is 0.435 e. The molecule has 19 heavy (non-hydrogen) atoms.